The van der Waals surface area contributed by atoms with Gasteiger partial charge in [-0.1, -0.05) is 60.7 Å². The maximum atomic E-state index is 12.9. The predicted octanol–water partition coefficient (Wildman–Crippen LogP) is 1.22. The third-order valence-electron chi connectivity index (χ3n) is 4.16. The van der Waals surface area contributed by atoms with E-state index >= 15 is 0 Å². The van der Waals surface area contributed by atoms with Crippen LogP contribution in [0.15, 0.2) is 70.3 Å². The third-order valence-corrected chi connectivity index (χ3v) is 4.16. The smallest absolute Gasteiger partial charge is 0.275 e. The number of hydrogen-bond acceptors (Lipinski definition) is 2. The van der Waals surface area contributed by atoms with Gasteiger partial charge in [-0.3, -0.25) is 9.59 Å². The van der Waals surface area contributed by atoms with Crippen molar-refractivity contribution in [2.75, 3.05) is 0 Å². The summed E-state index contributed by atoms with van der Waals surface area (Å²) in [5.41, 5.74) is 1.42. The molecule has 0 radical (unpaired) electrons. The molecule has 0 saturated carbocycles. The van der Waals surface area contributed by atoms with Crippen molar-refractivity contribution in [1.82, 2.24) is 9.13 Å². The zero-order valence-corrected chi connectivity index (χ0v) is 14.3. The highest BCUT2D eigenvalue weighted by Gasteiger charge is 2.07. The lowest BCUT2D eigenvalue weighted by Gasteiger charge is -2.07. The molecule has 1 aromatic heterocycles. The molecule has 1 heterocycles. The number of hydrogen-bond donors (Lipinski definition) is 0. The largest absolute Gasteiger partial charge is 0.305 e. The maximum Gasteiger partial charge on any atom is 0.275 e. The highest BCUT2D eigenvalue weighted by atomic mass is 16.1. The van der Waals surface area contributed by atoms with Crippen LogP contribution in [-0.4, -0.2) is 9.13 Å². The molecule has 0 amide bonds. The molecule has 0 aliphatic heterocycles. The Hall–Kier alpha value is -3.14. The number of nitrogens with zero attached hydrogens (tertiary/aromatic N) is 2. The summed E-state index contributed by atoms with van der Waals surface area (Å²) in [6.45, 7) is 2.30. The van der Waals surface area contributed by atoms with E-state index in [1.54, 1.807) is 19.2 Å². The Bertz CT molecular complexity index is 1110. The van der Waals surface area contributed by atoms with Gasteiger partial charge in [0.2, 0.25) is 0 Å². The Labute approximate surface area is 145 Å². The van der Waals surface area contributed by atoms with E-state index in [2.05, 4.69) is 0 Å². The Morgan fingerprint density at radius 2 is 1.24 bits per heavy atom. The van der Waals surface area contributed by atoms with Crippen molar-refractivity contribution in [1.29, 1.82) is 0 Å². The van der Waals surface area contributed by atoms with Crippen molar-refractivity contribution < 1.29 is 0 Å². The molecule has 2 aromatic carbocycles. The van der Waals surface area contributed by atoms with Crippen LogP contribution in [0.3, 0.4) is 0 Å². The Morgan fingerprint density at radius 1 is 0.760 bits per heavy atom. The molecule has 0 fully saturated rings. The van der Waals surface area contributed by atoms with Crippen molar-refractivity contribution >= 4 is 12.2 Å². The molecular formula is C21H20N2O2. The summed E-state index contributed by atoms with van der Waals surface area (Å²) in [5.74, 6) is 0. The molecule has 0 N–H and O–H groups in total. The first kappa shape index (κ1) is 16.7. The van der Waals surface area contributed by atoms with Crippen LogP contribution in [0.5, 0.6) is 0 Å². The molecule has 25 heavy (non-hydrogen) atoms. The first-order chi connectivity index (χ1) is 12.1. The lowest BCUT2D eigenvalue weighted by Crippen LogP contribution is -2.57. The number of aromatic nitrogens is 2. The molecule has 0 saturated heterocycles. The number of rotatable bonds is 3. The second kappa shape index (κ2) is 7.18. The molecule has 3 rings (SSSR count). The normalized spacial score (nSPS) is 12.6. The Kier molecular flexibility index (Phi) is 4.80. The summed E-state index contributed by atoms with van der Waals surface area (Å²) in [4.78, 5) is 25.8. The van der Waals surface area contributed by atoms with Crippen LogP contribution in [-0.2, 0) is 13.6 Å². The molecule has 4 heteroatoms. The minimum Gasteiger partial charge on any atom is -0.305 e. The van der Waals surface area contributed by atoms with Crippen LogP contribution in [0.2, 0.25) is 0 Å². The van der Waals surface area contributed by atoms with Gasteiger partial charge in [-0.2, -0.15) is 0 Å². The van der Waals surface area contributed by atoms with Crippen LogP contribution in [0.25, 0.3) is 12.2 Å². The summed E-state index contributed by atoms with van der Waals surface area (Å²) in [7, 11) is 1.64. The predicted molar refractivity (Wildman–Crippen MR) is 101 cm³/mol. The SMILES string of the molecule is CCn1c(=O)/c(=C/c2ccccc2)n(C)c(=O)/c1=C/c1ccccc1. The fourth-order valence-corrected chi connectivity index (χ4v) is 2.81. The van der Waals surface area contributed by atoms with Gasteiger partial charge in [-0.05, 0) is 30.2 Å². The van der Waals surface area contributed by atoms with Gasteiger partial charge in [0, 0.05) is 13.6 Å². The van der Waals surface area contributed by atoms with E-state index in [1.807, 2.05) is 67.6 Å². The molecule has 0 aliphatic rings. The average molecular weight is 332 g/mol. The van der Waals surface area contributed by atoms with E-state index in [4.69, 9.17) is 0 Å². The topological polar surface area (TPSA) is 44.0 Å². The third kappa shape index (κ3) is 3.38. The quantitative estimate of drug-likeness (QED) is 0.724. The van der Waals surface area contributed by atoms with E-state index in [1.165, 1.54) is 9.13 Å². The van der Waals surface area contributed by atoms with Gasteiger partial charge in [0.25, 0.3) is 11.1 Å². The van der Waals surface area contributed by atoms with Gasteiger partial charge in [-0.25, -0.2) is 0 Å². The van der Waals surface area contributed by atoms with Crippen molar-refractivity contribution in [3.05, 3.63) is 103 Å². The van der Waals surface area contributed by atoms with Crippen molar-refractivity contribution in [2.24, 2.45) is 7.05 Å². The van der Waals surface area contributed by atoms with Gasteiger partial charge in [0.15, 0.2) is 0 Å². The van der Waals surface area contributed by atoms with E-state index in [9.17, 15) is 9.59 Å². The lowest BCUT2D eigenvalue weighted by molar-refractivity contribution is 0.637. The minimum absolute atomic E-state index is 0.171. The number of benzene rings is 2. The average Bonchev–Trinajstić information content (AvgIpc) is 2.65. The molecule has 0 aliphatic carbocycles. The fourth-order valence-electron chi connectivity index (χ4n) is 2.81. The van der Waals surface area contributed by atoms with Crippen molar-refractivity contribution in [3.8, 4) is 0 Å². The highest BCUT2D eigenvalue weighted by molar-refractivity contribution is 5.49. The molecule has 0 atom stereocenters. The molecule has 4 nitrogen and oxygen atoms in total. The van der Waals surface area contributed by atoms with Gasteiger partial charge in [-0.15, -0.1) is 0 Å². The van der Waals surface area contributed by atoms with E-state index in [-0.39, 0.29) is 11.1 Å². The van der Waals surface area contributed by atoms with Crippen LogP contribution in [0.1, 0.15) is 18.1 Å². The molecule has 0 bridgehead atoms. The van der Waals surface area contributed by atoms with Crippen LogP contribution >= 0.6 is 0 Å². The summed E-state index contributed by atoms with van der Waals surface area (Å²) in [6, 6.07) is 19.1. The van der Waals surface area contributed by atoms with E-state index in [0.29, 0.717) is 17.2 Å². The van der Waals surface area contributed by atoms with E-state index < -0.39 is 0 Å². The summed E-state index contributed by atoms with van der Waals surface area (Å²) < 4.78 is 2.96. The van der Waals surface area contributed by atoms with E-state index in [0.717, 1.165) is 11.1 Å². The maximum absolute atomic E-state index is 12.9. The highest BCUT2D eigenvalue weighted by Crippen LogP contribution is 1.98. The van der Waals surface area contributed by atoms with Crippen molar-refractivity contribution in [2.45, 2.75) is 13.5 Å². The molecule has 3 aromatic rings. The van der Waals surface area contributed by atoms with Crippen LogP contribution in [0, 0.1) is 0 Å². The summed E-state index contributed by atoms with van der Waals surface area (Å²) >= 11 is 0. The Morgan fingerprint density at radius 3 is 1.72 bits per heavy atom. The van der Waals surface area contributed by atoms with Gasteiger partial charge in [0.1, 0.15) is 10.7 Å². The second-order valence-electron chi connectivity index (χ2n) is 5.79. The standard InChI is InChI=1S/C21H20N2O2/c1-3-23-19(15-17-12-8-5-9-13-17)20(24)22(2)18(21(23)25)14-16-10-6-4-7-11-16/h4-15H,3H2,1-2H3/b18-14-,19-15-. The van der Waals surface area contributed by atoms with Gasteiger partial charge < -0.3 is 9.13 Å². The monoisotopic (exact) mass is 332 g/mol. The van der Waals surface area contributed by atoms with Gasteiger partial charge in [0.05, 0.1) is 0 Å². The molecule has 0 unspecified atom stereocenters. The van der Waals surface area contributed by atoms with Crippen molar-refractivity contribution in [3.63, 3.8) is 0 Å². The zero-order valence-electron chi connectivity index (χ0n) is 14.3. The first-order valence-corrected chi connectivity index (χ1v) is 8.25. The minimum atomic E-state index is -0.188. The molecule has 126 valence electrons. The lowest BCUT2D eigenvalue weighted by atomic mass is 10.2. The molecular weight excluding hydrogens is 312 g/mol. The molecule has 0 spiro atoms. The summed E-state index contributed by atoms with van der Waals surface area (Å²) in [6.07, 6.45) is 3.52. The zero-order chi connectivity index (χ0) is 17.8. The Balaban J connectivity index is 2.36. The summed E-state index contributed by atoms with van der Waals surface area (Å²) in [5, 5.41) is 0.773. The van der Waals surface area contributed by atoms with Crippen LogP contribution < -0.4 is 21.8 Å². The van der Waals surface area contributed by atoms with Crippen LogP contribution in [0.4, 0.5) is 0 Å². The first-order valence-electron chi connectivity index (χ1n) is 8.25. The second-order valence-corrected chi connectivity index (χ2v) is 5.79. The van der Waals surface area contributed by atoms with Gasteiger partial charge >= 0.3 is 0 Å². The fraction of sp³-hybridized carbons (Fsp3) is 0.143.